The molecule has 2 aromatic rings. The van der Waals surface area contributed by atoms with Gasteiger partial charge in [0.05, 0.1) is 17.4 Å². The topological polar surface area (TPSA) is 55.9 Å². The summed E-state index contributed by atoms with van der Waals surface area (Å²) in [6.45, 7) is 8.93. The van der Waals surface area contributed by atoms with E-state index in [1.165, 1.54) is 5.69 Å². The minimum atomic E-state index is -0.939. The van der Waals surface area contributed by atoms with Crippen molar-refractivity contribution >= 4 is 28.9 Å². The maximum Gasteiger partial charge on any atom is 0.250 e. The van der Waals surface area contributed by atoms with Crippen molar-refractivity contribution in [3.8, 4) is 0 Å². The van der Waals surface area contributed by atoms with Gasteiger partial charge in [0.1, 0.15) is 5.54 Å². The highest BCUT2D eigenvalue weighted by Crippen LogP contribution is 2.37. The van der Waals surface area contributed by atoms with Crippen LogP contribution in [0.25, 0.3) is 0 Å². The SMILES string of the molecule is C[C@@H](C(=O)N1c2ccccc2NC(=O)C1(C)C)N1CCN(c2ccccc2)CC1. The van der Waals surface area contributed by atoms with E-state index in [1.54, 1.807) is 18.7 Å². The van der Waals surface area contributed by atoms with E-state index in [9.17, 15) is 9.59 Å². The Labute approximate surface area is 172 Å². The molecule has 2 amide bonds. The molecule has 2 aromatic carbocycles. The molecule has 0 unspecified atom stereocenters. The Morgan fingerprint density at radius 2 is 1.59 bits per heavy atom. The molecular weight excluding hydrogens is 364 g/mol. The van der Waals surface area contributed by atoms with Gasteiger partial charge in [0.15, 0.2) is 0 Å². The van der Waals surface area contributed by atoms with Crippen LogP contribution in [0.15, 0.2) is 54.6 Å². The number of carbonyl (C=O) groups is 2. The van der Waals surface area contributed by atoms with Crippen molar-refractivity contribution in [2.45, 2.75) is 32.4 Å². The van der Waals surface area contributed by atoms with Gasteiger partial charge < -0.3 is 10.2 Å². The van der Waals surface area contributed by atoms with Gasteiger partial charge in [-0.3, -0.25) is 19.4 Å². The fourth-order valence-corrected chi connectivity index (χ4v) is 4.20. The van der Waals surface area contributed by atoms with Crippen molar-refractivity contribution in [3.63, 3.8) is 0 Å². The fraction of sp³-hybridized carbons (Fsp3) is 0.391. The number of benzene rings is 2. The van der Waals surface area contributed by atoms with Crippen molar-refractivity contribution in [1.29, 1.82) is 0 Å². The molecule has 0 bridgehead atoms. The molecule has 2 heterocycles. The van der Waals surface area contributed by atoms with Gasteiger partial charge in [-0.2, -0.15) is 0 Å². The Balaban J connectivity index is 1.51. The average molecular weight is 393 g/mol. The third-order valence-corrected chi connectivity index (χ3v) is 6.07. The van der Waals surface area contributed by atoms with Crippen molar-refractivity contribution in [3.05, 3.63) is 54.6 Å². The molecule has 1 atom stereocenters. The molecule has 1 N–H and O–H groups in total. The third kappa shape index (κ3) is 3.49. The van der Waals surface area contributed by atoms with Gasteiger partial charge in [0.25, 0.3) is 0 Å². The lowest BCUT2D eigenvalue weighted by molar-refractivity contribution is -0.129. The van der Waals surface area contributed by atoms with E-state index in [1.807, 2.05) is 37.3 Å². The van der Waals surface area contributed by atoms with Gasteiger partial charge in [-0.05, 0) is 45.0 Å². The number of nitrogens with one attached hydrogen (secondary N) is 1. The van der Waals surface area contributed by atoms with Crippen LogP contribution in [0.4, 0.5) is 17.1 Å². The van der Waals surface area contributed by atoms with E-state index < -0.39 is 5.54 Å². The summed E-state index contributed by atoms with van der Waals surface area (Å²) in [5.41, 5.74) is 1.72. The van der Waals surface area contributed by atoms with Crippen LogP contribution >= 0.6 is 0 Å². The molecule has 0 saturated carbocycles. The molecule has 6 heteroatoms. The summed E-state index contributed by atoms with van der Waals surface area (Å²) in [6, 6.07) is 17.6. The zero-order valence-corrected chi connectivity index (χ0v) is 17.3. The molecule has 0 aromatic heterocycles. The van der Waals surface area contributed by atoms with Gasteiger partial charge in [0.2, 0.25) is 11.8 Å². The summed E-state index contributed by atoms with van der Waals surface area (Å²) in [7, 11) is 0. The second kappa shape index (κ2) is 7.52. The Kier molecular flexibility index (Phi) is 5.04. The number of carbonyl (C=O) groups excluding carboxylic acids is 2. The molecule has 1 fully saturated rings. The lowest BCUT2D eigenvalue weighted by Gasteiger charge is -2.45. The molecular formula is C23H28N4O2. The summed E-state index contributed by atoms with van der Waals surface area (Å²) < 4.78 is 0. The van der Waals surface area contributed by atoms with Gasteiger partial charge in [-0.1, -0.05) is 30.3 Å². The van der Waals surface area contributed by atoms with E-state index in [2.05, 4.69) is 39.4 Å². The largest absolute Gasteiger partial charge is 0.369 e. The highest BCUT2D eigenvalue weighted by Gasteiger charge is 2.45. The van der Waals surface area contributed by atoms with Crippen LogP contribution < -0.4 is 15.1 Å². The highest BCUT2D eigenvalue weighted by molar-refractivity contribution is 6.15. The lowest BCUT2D eigenvalue weighted by Crippen LogP contribution is -2.63. The monoisotopic (exact) mass is 392 g/mol. The molecule has 0 spiro atoms. The fourth-order valence-electron chi connectivity index (χ4n) is 4.20. The van der Waals surface area contributed by atoms with Crippen molar-refractivity contribution in [2.24, 2.45) is 0 Å². The van der Waals surface area contributed by atoms with E-state index >= 15 is 0 Å². The Morgan fingerprint density at radius 1 is 0.966 bits per heavy atom. The van der Waals surface area contributed by atoms with Crippen molar-refractivity contribution < 1.29 is 9.59 Å². The standard InChI is InChI=1S/C23H28N4O2/c1-17(25-13-15-26(16-14-25)18-9-5-4-6-10-18)21(28)27-20-12-8-7-11-19(20)24-22(29)23(27,2)3/h4-12,17H,13-16H2,1-3H3,(H,24,29)/t17-/m0/s1. The Morgan fingerprint density at radius 3 is 2.28 bits per heavy atom. The smallest absolute Gasteiger partial charge is 0.250 e. The normalized spacial score (nSPS) is 20.0. The first-order valence-corrected chi connectivity index (χ1v) is 10.2. The first-order chi connectivity index (χ1) is 13.9. The van der Waals surface area contributed by atoms with Crippen LogP contribution in [0.1, 0.15) is 20.8 Å². The second-order valence-corrected chi connectivity index (χ2v) is 8.24. The summed E-state index contributed by atoms with van der Waals surface area (Å²) in [6.07, 6.45) is 0. The quantitative estimate of drug-likeness (QED) is 0.873. The van der Waals surface area contributed by atoms with Gasteiger partial charge in [-0.15, -0.1) is 0 Å². The number of anilines is 3. The van der Waals surface area contributed by atoms with E-state index in [4.69, 9.17) is 0 Å². The summed E-state index contributed by atoms with van der Waals surface area (Å²) in [4.78, 5) is 32.5. The highest BCUT2D eigenvalue weighted by atomic mass is 16.2. The number of para-hydroxylation sites is 3. The zero-order chi connectivity index (χ0) is 20.6. The van der Waals surface area contributed by atoms with Crippen molar-refractivity contribution in [1.82, 2.24) is 4.90 Å². The molecule has 4 rings (SSSR count). The van der Waals surface area contributed by atoms with Gasteiger partial charge >= 0.3 is 0 Å². The predicted molar refractivity (Wildman–Crippen MR) is 116 cm³/mol. The lowest BCUT2D eigenvalue weighted by atomic mass is 9.95. The Bertz CT molecular complexity index is 904. The summed E-state index contributed by atoms with van der Waals surface area (Å²) in [5.74, 6) is -0.198. The zero-order valence-electron chi connectivity index (χ0n) is 17.3. The summed E-state index contributed by atoms with van der Waals surface area (Å²) >= 11 is 0. The predicted octanol–water partition coefficient (Wildman–Crippen LogP) is 2.96. The number of hydrogen-bond acceptors (Lipinski definition) is 4. The van der Waals surface area contributed by atoms with Crippen LogP contribution in [0.5, 0.6) is 0 Å². The van der Waals surface area contributed by atoms with Crippen LogP contribution in [0.3, 0.4) is 0 Å². The molecule has 6 nitrogen and oxygen atoms in total. The maximum atomic E-state index is 13.6. The molecule has 1 saturated heterocycles. The number of fused-ring (bicyclic) bond motifs is 1. The number of hydrogen-bond donors (Lipinski definition) is 1. The third-order valence-electron chi connectivity index (χ3n) is 6.07. The molecule has 0 radical (unpaired) electrons. The summed E-state index contributed by atoms with van der Waals surface area (Å²) in [5, 5.41) is 2.92. The minimum Gasteiger partial charge on any atom is -0.369 e. The molecule has 0 aliphatic carbocycles. The molecule has 2 aliphatic heterocycles. The van der Waals surface area contributed by atoms with Gasteiger partial charge in [0, 0.05) is 31.9 Å². The number of piperazine rings is 1. The maximum absolute atomic E-state index is 13.6. The first kappa shape index (κ1) is 19.5. The first-order valence-electron chi connectivity index (χ1n) is 10.2. The Hall–Kier alpha value is -2.86. The van der Waals surface area contributed by atoms with E-state index in [0.29, 0.717) is 5.69 Å². The number of nitrogens with zero attached hydrogens (tertiary/aromatic N) is 3. The van der Waals surface area contributed by atoms with Crippen LogP contribution in [0.2, 0.25) is 0 Å². The van der Waals surface area contributed by atoms with Crippen LogP contribution in [0, 0.1) is 0 Å². The van der Waals surface area contributed by atoms with Gasteiger partial charge in [-0.25, -0.2) is 0 Å². The van der Waals surface area contributed by atoms with Crippen molar-refractivity contribution in [2.75, 3.05) is 41.3 Å². The number of rotatable bonds is 3. The average Bonchev–Trinajstić information content (AvgIpc) is 2.74. The second-order valence-electron chi connectivity index (χ2n) is 8.24. The molecule has 2 aliphatic rings. The molecule has 29 heavy (non-hydrogen) atoms. The molecule has 152 valence electrons. The van der Waals surface area contributed by atoms with E-state index in [0.717, 1.165) is 31.9 Å². The van der Waals surface area contributed by atoms with Crippen LogP contribution in [-0.4, -0.2) is 54.5 Å². The number of amides is 2. The van der Waals surface area contributed by atoms with E-state index in [-0.39, 0.29) is 17.9 Å². The minimum absolute atomic E-state index is 0.0366. The van der Waals surface area contributed by atoms with Crippen LogP contribution in [-0.2, 0) is 9.59 Å².